The minimum Gasteiger partial charge on any atom is -0.297 e. The van der Waals surface area contributed by atoms with Crippen molar-refractivity contribution in [3.8, 4) is 0 Å². The molecule has 0 unspecified atom stereocenters. The third-order valence-electron chi connectivity index (χ3n) is 4.48. The van der Waals surface area contributed by atoms with E-state index in [0.717, 1.165) is 13.1 Å². The van der Waals surface area contributed by atoms with E-state index in [1.54, 1.807) is 0 Å². The summed E-state index contributed by atoms with van der Waals surface area (Å²) in [6.45, 7) is 11.1. The molecule has 1 heterocycles. The van der Waals surface area contributed by atoms with Crippen LogP contribution >= 0.6 is 0 Å². The van der Waals surface area contributed by atoms with Gasteiger partial charge in [0, 0.05) is 39.3 Å². The Morgan fingerprint density at radius 1 is 0.682 bits per heavy atom. The highest BCUT2D eigenvalue weighted by atomic mass is 15.3. The first-order chi connectivity index (χ1) is 10.7. The lowest BCUT2D eigenvalue weighted by Gasteiger charge is -2.34. The van der Waals surface area contributed by atoms with Gasteiger partial charge in [0.2, 0.25) is 0 Å². The molecule has 1 aliphatic heterocycles. The maximum absolute atomic E-state index is 2.57. The largest absolute Gasteiger partial charge is 0.297 e. The molecule has 1 aliphatic rings. The van der Waals surface area contributed by atoms with Gasteiger partial charge in [-0.25, -0.2) is 0 Å². The quantitative estimate of drug-likeness (QED) is 0.850. The predicted octanol–water partition coefficient (Wildman–Crippen LogP) is 3.62. The van der Waals surface area contributed by atoms with Gasteiger partial charge in [-0.15, -0.1) is 0 Å². The molecular formula is C20H26N2. The Morgan fingerprint density at radius 3 is 1.86 bits per heavy atom. The van der Waals surface area contributed by atoms with Crippen LogP contribution < -0.4 is 0 Å². The molecule has 3 rings (SSSR count). The van der Waals surface area contributed by atoms with Gasteiger partial charge in [0.1, 0.15) is 0 Å². The van der Waals surface area contributed by atoms with E-state index in [-0.39, 0.29) is 0 Å². The number of piperazine rings is 1. The molecule has 2 heteroatoms. The van der Waals surface area contributed by atoms with Gasteiger partial charge in [0.05, 0.1) is 0 Å². The molecule has 22 heavy (non-hydrogen) atoms. The van der Waals surface area contributed by atoms with Gasteiger partial charge in [-0.05, 0) is 25.0 Å². The normalized spacial score (nSPS) is 16.8. The molecule has 2 nitrogen and oxygen atoms in total. The molecule has 116 valence electrons. The van der Waals surface area contributed by atoms with E-state index in [1.807, 2.05) is 0 Å². The zero-order valence-corrected chi connectivity index (χ0v) is 13.8. The summed E-state index contributed by atoms with van der Waals surface area (Å²) in [6.07, 6.45) is 0. The Labute approximate surface area is 134 Å². The van der Waals surface area contributed by atoms with E-state index in [9.17, 15) is 0 Å². The minimum absolute atomic E-state index is 1.08. The number of benzene rings is 2. The van der Waals surface area contributed by atoms with Gasteiger partial charge in [0.15, 0.2) is 0 Å². The van der Waals surface area contributed by atoms with Crippen LogP contribution in [-0.4, -0.2) is 36.0 Å². The first-order valence-electron chi connectivity index (χ1n) is 8.25. The summed E-state index contributed by atoms with van der Waals surface area (Å²) in [5.74, 6) is 0. The van der Waals surface area contributed by atoms with Crippen molar-refractivity contribution >= 4 is 0 Å². The summed E-state index contributed by atoms with van der Waals surface area (Å²) in [7, 11) is 0. The molecule has 0 N–H and O–H groups in total. The van der Waals surface area contributed by atoms with Crippen molar-refractivity contribution in [2.24, 2.45) is 0 Å². The van der Waals surface area contributed by atoms with Crippen molar-refractivity contribution in [1.82, 2.24) is 9.80 Å². The first-order valence-corrected chi connectivity index (χ1v) is 8.25. The summed E-state index contributed by atoms with van der Waals surface area (Å²) < 4.78 is 0. The van der Waals surface area contributed by atoms with Gasteiger partial charge in [-0.2, -0.15) is 0 Å². The van der Waals surface area contributed by atoms with Crippen molar-refractivity contribution in [3.05, 3.63) is 70.8 Å². The molecule has 2 aromatic rings. The van der Waals surface area contributed by atoms with Gasteiger partial charge < -0.3 is 0 Å². The maximum atomic E-state index is 2.57. The van der Waals surface area contributed by atoms with E-state index in [2.05, 4.69) is 72.2 Å². The Kier molecular flexibility index (Phi) is 4.91. The molecular weight excluding hydrogens is 268 g/mol. The second kappa shape index (κ2) is 7.08. The number of nitrogens with zero attached hydrogens (tertiary/aromatic N) is 2. The lowest BCUT2D eigenvalue weighted by molar-refractivity contribution is 0.122. The molecule has 0 radical (unpaired) electrons. The van der Waals surface area contributed by atoms with Crippen molar-refractivity contribution < 1.29 is 0 Å². The molecule has 0 saturated carbocycles. The number of hydrogen-bond donors (Lipinski definition) is 0. The van der Waals surface area contributed by atoms with E-state index < -0.39 is 0 Å². The van der Waals surface area contributed by atoms with Crippen LogP contribution in [0.2, 0.25) is 0 Å². The first kappa shape index (κ1) is 15.3. The summed E-state index contributed by atoms with van der Waals surface area (Å²) in [5.41, 5.74) is 5.56. The third kappa shape index (κ3) is 4.19. The van der Waals surface area contributed by atoms with Crippen LogP contribution in [0.1, 0.15) is 22.3 Å². The number of aryl methyl sites for hydroxylation is 2. The summed E-state index contributed by atoms with van der Waals surface area (Å²) in [4.78, 5) is 5.14. The van der Waals surface area contributed by atoms with Crippen LogP contribution in [0.3, 0.4) is 0 Å². The average molecular weight is 294 g/mol. The highest BCUT2D eigenvalue weighted by Crippen LogP contribution is 2.13. The van der Waals surface area contributed by atoms with E-state index in [4.69, 9.17) is 0 Å². The Bertz CT molecular complexity index is 595. The van der Waals surface area contributed by atoms with Gasteiger partial charge in [-0.1, -0.05) is 59.7 Å². The van der Waals surface area contributed by atoms with E-state index in [0.29, 0.717) is 0 Å². The Hall–Kier alpha value is -1.64. The van der Waals surface area contributed by atoms with Crippen LogP contribution in [0.4, 0.5) is 0 Å². The fraction of sp³-hybridized carbons (Fsp3) is 0.400. The van der Waals surface area contributed by atoms with Crippen LogP contribution in [-0.2, 0) is 13.1 Å². The summed E-state index contributed by atoms with van der Waals surface area (Å²) in [6, 6.07) is 17.8. The summed E-state index contributed by atoms with van der Waals surface area (Å²) in [5, 5.41) is 0. The predicted molar refractivity (Wildman–Crippen MR) is 92.9 cm³/mol. The molecule has 0 aromatic heterocycles. The Morgan fingerprint density at radius 2 is 1.27 bits per heavy atom. The molecule has 1 saturated heterocycles. The van der Waals surface area contributed by atoms with E-state index in [1.165, 1.54) is 48.4 Å². The highest BCUT2D eigenvalue weighted by Gasteiger charge is 2.17. The Balaban J connectivity index is 1.49. The molecule has 0 spiro atoms. The number of hydrogen-bond acceptors (Lipinski definition) is 2. The van der Waals surface area contributed by atoms with Gasteiger partial charge in [-0.3, -0.25) is 9.80 Å². The SMILES string of the molecule is Cc1ccc(CN2CCN(Cc3cccc(C)c3)CC2)cc1. The zero-order valence-electron chi connectivity index (χ0n) is 13.8. The van der Waals surface area contributed by atoms with Gasteiger partial charge in [0.25, 0.3) is 0 Å². The lowest BCUT2D eigenvalue weighted by atomic mass is 10.1. The van der Waals surface area contributed by atoms with Crippen LogP contribution in [0.15, 0.2) is 48.5 Å². The monoisotopic (exact) mass is 294 g/mol. The van der Waals surface area contributed by atoms with Gasteiger partial charge >= 0.3 is 0 Å². The van der Waals surface area contributed by atoms with Crippen molar-refractivity contribution in [2.75, 3.05) is 26.2 Å². The topological polar surface area (TPSA) is 6.48 Å². The fourth-order valence-electron chi connectivity index (χ4n) is 3.13. The average Bonchev–Trinajstić information content (AvgIpc) is 2.52. The van der Waals surface area contributed by atoms with Crippen LogP contribution in [0.5, 0.6) is 0 Å². The second-order valence-electron chi connectivity index (χ2n) is 6.53. The minimum atomic E-state index is 1.08. The fourth-order valence-corrected chi connectivity index (χ4v) is 3.13. The molecule has 0 atom stereocenters. The molecule has 0 aliphatic carbocycles. The van der Waals surface area contributed by atoms with Crippen molar-refractivity contribution in [2.45, 2.75) is 26.9 Å². The smallest absolute Gasteiger partial charge is 0.0234 e. The third-order valence-corrected chi connectivity index (χ3v) is 4.48. The molecule has 0 bridgehead atoms. The maximum Gasteiger partial charge on any atom is 0.0234 e. The van der Waals surface area contributed by atoms with Crippen molar-refractivity contribution in [3.63, 3.8) is 0 Å². The van der Waals surface area contributed by atoms with Crippen molar-refractivity contribution in [1.29, 1.82) is 0 Å². The lowest BCUT2D eigenvalue weighted by Crippen LogP contribution is -2.45. The highest BCUT2D eigenvalue weighted by molar-refractivity contribution is 5.22. The molecule has 1 fully saturated rings. The number of rotatable bonds is 4. The zero-order chi connectivity index (χ0) is 15.4. The van der Waals surface area contributed by atoms with Crippen LogP contribution in [0.25, 0.3) is 0 Å². The molecule has 2 aromatic carbocycles. The standard InChI is InChI=1S/C20H26N2/c1-17-6-8-19(9-7-17)15-21-10-12-22(13-11-21)16-20-5-3-4-18(2)14-20/h3-9,14H,10-13,15-16H2,1-2H3. The molecule has 0 amide bonds. The second-order valence-corrected chi connectivity index (χ2v) is 6.53. The summed E-state index contributed by atoms with van der Waals surface area (Å²) >= 11 is 0. The van der Waals surface area contributed by atoms with E-state index >= 15 is 0 Å². The van der Waals surface area contributed by atoms with Crippen LogP contribution in [0, 0.1) is 13.8 Å².